The molecular weight excluding hydrogens is 276 g/mol. The zero-order valence-corrected chi connectivity index (χ0v) is 12.3. The van der Waals surface area contributed by atoms with E-state index in [1.54, 1.807) is 6.92 Å². The van der Waals surface area contributed by atoms with Gasteiger partial charge in [-0.3, -0.25) is 14.4 Å². The second kappa shape index (κ2) is 5.00. The molecule has 3 fully saturated rings. The normalized spacial score (nSPS) is 39.2. The number of rotatable bonds is 5. The Kier molecular flexibility index (Phi) is 3.42. The molecule has 2 saturated carbocycles. The minimum atomic E-state index is -0.737. The standard InChI is InChI=1S/C15H20O6/c1-3-19-11(16)4-5-12(17)21-15(2)8-6-9-10(7-8)14(18)20-13(9)15/h8-10,13H,3-7H2,1-2H3. The van der Waals surface area contributed by atoms with Crippen LogP contribution in [0.5, 0.6) is 0 Å². The number of fused-ring (bicyclic) bond motifs is 1. The van der Waals surface area contributed by atoms with Gasteiger partial charge in [0.15, 0.2) is 0 Å². The second-order valence-electron chi connectivity index (χ2n) is 6.26. The van der Waals surface area contributed by atoms with Crippen LogP contribution in [0, 0.1) is 17.8 Å². The highest BCUT2D eigenvalue weighted by Gasteiger charge is 2.69. The van der Waals surface area contributed by atoms with Gasteiger partial charge in [0.1, 0.15) is 11.7 Å². The van der Waals surface area contributed by atoms with E-state index in [0.29, 0.717) is 6.61 Å². The second-order valence-corrected chi connectivity index (χ2v) is 6.26. The van der Waals surface area contributed by atoms with Gasteiger partial charge in [-0.25, -0.2) is 0 Å². The summed E-state index contributed by atoms with van der Waals surface area (Å²) in [5, 5.41) is 0. The van der Waals surface area contributed by atoms with Gasteiger partial charge in [-0.2, -0.15) is 0 Å². The van der Waals surface area contributed by atoms with Gasteiger partial charge < -0.3 is 14.2 Å². The van der Waals surface area contributed by atoms with Crippen LogP contribution in [0.2, 0.25) is 0 Å². The number of ether oxygens (including phenoxy) is 3. The maximum Gasteiger partial charge on any atom is 0.309 e. The minimum Gasteiger partial charge on any atom is -0.466 e. The lowest BCUT2D eigenvalue weighted by Gasteiger charge is -2.36. The first-order valence-electron chi connectivity index (χ1n) is 7.53. The Morgan fingerprint density at radius 2 is 2.00 bits per heavy atom. The van der Waals surface area contributed by atoms with Crippen LogP contribution in [-0.4, -0.2) is 36.2 Å². The van der Waals surface area contributed by atoms with E-state index in [0.717, 1.165) is 12.8 Å². The molecule has 0 aromatic rings. The summed E-state index contributed by atoms with van der Waals surface area (Å²) >= 11 is 0. The van der Waals surface area contributed by atoms with Gasteiger partial charge in [-0.05, 0) is 26.7 Å². The molecule has 0 spiro atoms. The molecule has 0 amide bonds. The molecule has 0 aromatic carbocycles. The Morgan fingerprint density at radius 3 is 2.71 bits per heavy atom. The summed E-state index contributed by atoms with van der Waals surface area (Å²) in [6.07, 6.45) is 1.31. The molecule has 21 heavy (non-hydrogen) atoms. The molecule has 1 heterocycles. The fourth-order valence-electron chi connectivity index (χ4n) is 4.09. The molecule has 0 N–H and O–H groups in total. The summed E-state index contributed by atoms with van der Waals surface area (Å²) in [7, 11) is 0. The Balaban J connectivity index is 1.59. The first-order valence-corrected chi connectivity index (χ1v) is 7.53. The predicted octanol–water partition coefficient (Wildman–Crippen LogP) is 1.21. The molecular formula is C15H20O6. The highest BCUT2D eigenvalue weighted by Crippen LogP contribution is 2.60. The predicted molar refractivity (Wildman–Crippen MR) is 69.9 cm³/mol. The van der Waals surface area contributed by atoms with E-state index in [9.17, 15) is 14.4 Å². The number of carbonyl (C=O) groups excluding carboxylic acids is 3. The van der Waals surface area contributed by atoms with Crippen LogP contribution >= 0.6 is 0 Å². The van der Waals surface area contributed by atoms with Crippen molar-refractivity contribution in [3.63, 3.8) is 0 Å². The van der Waals surface area contributed by atoms with Crippen molar-refractivity contribution in [2.45, 2.75) is 51.2 Å². The Hall–Kier alpha value is -1.59. The van der Waals surface area contributed by atoms with Gasteiger partial charge in [-0.15, -0.1) is 0 Å². The maximum atomic E-state index is 12.0. The van der Waals surface area contributed by atoms with Crippen LogP contribution in [-0.2, 0) is 28.6 Å². The molecule has 6 nitrogen and oxygen atoms in total. The van der Waals surface area contributed by atoms with Gasteiger partial charge in [0.2, 0.25) is 0 Å². The third-order valence-corrected chi connectivity index (χ3v) is 5.09. The first-order chi connectivity index (χ1) is 9.95. The van der Waals surface area contributed by atoms with Gasteiger partial charge in [0.05, 0.1) is 25.4 Å². The van der Waals surface area contributed by atoms with E-state index in [2.05, 4.69) is 0 Å². The Morgan fingerprint density at radius 1 is 1.29 bits per heavy atom. The van der Waals surface area contributed by atoms with E-state index in [4.69, 9.17) is 14.2 Å². The molecule has 1 saturated heterocycles. The lowest BCUT2D eigenvalue weighted by Crippen LogP contribution is -2.47. The van der Waals surface area contributed by atoms with Gasteiger partial charge >= 0.3 is 17.9 Å². The lowest BCUT2D eigenvalue weighted by atomic mass is 9.79. The third-order valence-electron chi connectivity index (χ3n) is 5.09. The van der Waals surface area contributed by atoms with Crippen LogP contribution < -0.4 is 0 Å². The van der Waals surface area contributed by atoms with Crippen molar-refractivity contribution in [3.05, 3.63) is 0 Å². The third kappa shape index (κ3) is 2.21. The molecule has 2 bridgehead atoms. The highest BCUT2D eigenvalue weighted by atomic mass is 16.6. The topological polar surface area (TPSA) is 78.9 Å². The van der Waals surface area contributed by atoms with Crippen LogP contribution in [0.3, 0.4) is 0 Å². The zero-order valence-electron chi connectivity index (χ0n) is 12.3. The number of carbonyl (C=O) groups is 3. The van der Waals surface area contributed by atoms with E-state index >= 15 is 0 Å². The van der Waals surface area contributed by atoms with Gasteiger partial charge in [0, 0.05) is 11.8 Å². The van der Waals surface area contributed by atoms with E-state index in [1.165, 1.54) is 0 Å². The molecule has 0 aromatic heterocycles. The number of esters is 3. The zero-order chi connectivity index (χ0) is 15.2. The molecule has 2 aliphatic carbocycles. The average Bonchev–Trinajstić information content (AvgIpc) is 3.02. The molecule has 6 heteroatoms. The molecule has 5 unspecified atom stereocenters. The van der Waals surface area contributed by atoms with Crippen molar-refractivity contribution in [2.75, 3.05) is 6.61 Å². The van der Waals surface area contributed by atoms with Crippen molar-refractivity contribution < 1.29 is 28.6 Å². The van der Waals surface area contributed by atoms with Crippen molar-refractivity contribution >= 4 is 17.9 Å². The van der Waals surface area contributed by atoms with E-state index in [-0.39, 0.29) is 42.7 Å². The van der Waals surface area contributed by atoms with Crippen molar-refractivity contribution in [1.82, 2.24) is 0 Å². The monoisotopic (exact) mass is 296 g/mol. The highest BCUT2D eigenvalue weighted by molar-refractivity contribution is 5.79. The molecule has 3 aliphatic rings. The van der Waals surface area contributed by atoms with E-state index in [1.807, 2.05) is 6.92 Å². The SMILES string of the molecule is CCOC(=O)CCC(=O)OC1(C)C2CC3C(=O)OC1C3C2. The summed E-state index contributed by atoms with van der Waals surface area (Å²) in [5.74, 6) is -0.636. The quantitative estimate of drug-likeness (QED) is 0.560. The van der Waals surface area contributed by atoms with Crippen molar-refractivity contribution in [3.8, 4) is 0 Å². The van der Waals surface area contributed by atoms with Crippen LogP contribution in [0.4, 0.5) is 0 Å². The van der Waals surface area contributed by atoms with Crippen molar-refractivity contribution in [1.29, 1.82) is 0 Å². The van der Waals surface area contributed by atoms with Crippen LogP contribution in [0.25, 0.3) is 0 Å². The molecule has 0 radical (unpaired) electrons. The summed E-state index contributed by atoms with van der Waals surface area (Å²) in [6, 6.07) is 0. The summed E-state index contributed by atoms with van der Waals surface area (Å²) < 4.78 is 15.8. The Labute approximate surface area is 123 Å². The summed E-state index contributed by atoms with van der Waals surface area (Å²) in [6.45, 7) is 3.87. The largest absolute Gasteiger partial charge is 0.466 e. The van der Waals surface area contributed by atoms with E-state index < -0.39 is 17.5 Å². The van der Waals surface area contributed by atoms with Gasteiger partial charge in [0.25, 0.3) is 0 Å². The average molecular weight is 296 g/mol. The minimum absolute atomic E-state index is 0.00406. The van der Waals surface area contributed by atoms with Gasteiger partial charge in [-0.1, -0.05) is 0 Å². The lowest BCUT2D eigenvalue weighted by molar-refractivity contribution is -0.180. The molecule has 3 rings (SSSR count). The maximum absolute atomic E-state index is 12.0. The van der Waals surface area contributed by atoms with Crippen LogP contribution in [0.15, 0.2) is 0 Å². The smallest absolute Gasteiger partial charge is 0.309 e. The number of hydrogen-bond acceptors (Lipinski definition) is 6. The molecule has 116 valence electrons. The fraction of sp³-hybridized carbons (Fsp3) is 0.800. The molecule has 5 atom stereocenters. The summed E-state index contributed by atoms with van der Waals surface area (Å²) in [5.41, 5.74) is -0.737. The molecule has 1 aliphatic heterocycles. The van der Waals surface area contributed by atoms with Crippen molar-refractivity contribution in [2.24, 2.45) is 17.8 Å². The first kappa shape index (κ1) is 14.4. The summed E-state index contributed by atoms with van der Waals surface area (Å²) in [4.78, 5) is 35.0. The Bertz CT molecular complexity index is 487. The van der Waals surface area contributed by atoms with Crippen LogP contribution in [0.1, 0.15) is 39.5 Å². The number of hydrogen-bond donors (Lipinski definition) is 0. The fourth-order valence-corrected chi connectivity index (χ4v) is 4.09.